The maximum Gasteiger partial charge on any atom is 0.338 e. The van der Waals surface area contributed by atoms with Crippen LogP contribution in [-0.4, -0.2) is 70.9 Å². The van der Waals surface area contributed by atoms with E-state index < -0.39 is 43.3 Å². The molecule has 2 amide bonds. The largest absolute Gasteiger partial charge is 0.394 e. The summed E-state index contributed by atoms with van der Waals surface area (Å²) in [6, 6.07) is -2.06. The molecule has 0 aliphatic carbocycles. The molecule has 9 nitrogen and oxygen atoms in total. The lowest BCUT2D eigenvalue weighted by molar-refractivity contribution is -0.261. The lowest BCUT2D eigenvalue weighted by Gasteiger charge is -2.41. The molecule has 0 aromatic carbocycles. The van der Waals surface area contributed by atoms with Gasteiger partial charge in [-0.05, 0) is 0 Å². The van der Waals surface area contributed by atoms with Gasteiger partial charge in [-0.15, -0.1) is 0 Å². The van der Waals surface area contributed by atoms with Gasteiger partial charge in [0.25, 0.3) is 0 Å². The summed E-state index contributed by atoms with van der Waals surface area (Å²) >= 11 is 0. The molecule has 1 saturated heterocycles. The van der Waals surface area contributed by atoms with Crippen LogP contribution in [0.1, 0.15) is 0 Å². The van der Waals surface area contributed by atoms with Gasteiger partial charge in [0.1, 0.15) is 24.4 Å². The molecule has 0 aromatic rings. The molecule has 6 N–H and O–H groups in total. The van der Waals surface area contributed by atoms with Gasteiger partial charge < -0.3 is 30.1 Å². The van der Waals surface area contributed by atoms with Crippen LogP contribution in [0.25, 0.3) is 0 Å². The third kappa shape index (κ3) is 3.03. The molecule has 5 atom stereocenters. The Hall–Kier alpha value is -0.970. The minimum atomic E-state index is -1.40. The zero-order valence-electron chi connectivity index (χ0n) is 9.11. The van der Waals surface area contributed by atoms with Crippen molar-refractivity contribution in [3.8, 4) is 0 Å². The minimum absolute atomic E-state index is 0.503. The van der Waals surface area contributed by atoms with E-state index in [-0.39, 0.29) is 0 Å². The number of urea groups is 1. The summed E-state index contributed by atoms with van der Waals surface area (Å²) in [6.45, 7) is -0.503. The Morgan fingerprint density at radius 3 is 2.53 bits per heavy atom. The summed E-state index contributed by atoms with van der Waals surface area (Å²) in [5, 5.41) is 38.7. The molecule has 1 fully saturated rings. The third-order valence-electron chi connectivity index (χ3n) is 2.51. The van der Waals surface area contributed by atoms with Gasteiger partial charge in [-0.25, -0.2) is 10.3 Å². The summed E-state index contributed by atoms with van der Waals surface area (Å²) in [7, 11) is 1.27. The van der Waals surface area contributed by atoms with Crippen LogP contribution in [0.2, 0.25) is 0 Å². The van der Waals surface area contributed by atoms with Crippen molar-refractivity contribution < 1.29 is 34.8 Å². The number of ether oxygens (including phenoxy) is 2. The molecule has 100 valence electrons. The van der Waals surface area contributed by atoms with Crippen LogP contribution in [0.15, 0.2) is 0 Å². The molecule has 1 heterocycles. The van der Waals surface area contributed by atoms with Crippen molar-refractivity contribution in [3.63, 3.8) is 0 Å². The molecule has 17 heavy (non-hydrogen) atoms. The second kappa shape index (κ2) is 6.10. The SMILES string of the molecule is CO[C@@H]1O[C@H](CO)[C@@H](O)[C@H](O)[C@H]1NC(=O)NO. The van der Waals surface area contributed by atoms with E-state index in [2.05, 4.69) is 5.32 Å². The van der Waals surface area contributed by atoms with Gasteiger partial charge in [-0.1, -0.05) is 0 Å². The maximum absolute atomic E-state index is 10.9. The third-order valence-corrected chi connectivity index (χ3v) is 2.51. The van der Waals surface area contributed by atoms with E-state index in [0.29, 0.717) is 0 Å². The van der Waals surface area contributed by atoms with Crippen LogP contribution >= 0.6 is 0 Å². The highest BCUT2D eigenvalue weighted by Gasteiger charge is 2.45. The van der Waals surface area contributed by atoms with Gasteiger partial charge in [-0.2, -0.15) is 0 Å². The first-order valence-electron chi connectivity index (χ1n) is 4.91. The number of hydrogen-bond donors (Lipinski definition) is 6. The average molecular weight is 252 g/mol. The second-order valence-electron chi connectivity index (χ2n) is 3.55. The first-order valence-corrected chi connectivity index (χ1v) is 4.91. The Morgan fingerprint density at radius 2 is 2.06 bits per heavy atom. The van der Waals surface area contributed by atoms with Crippen LogP contribution in [0, 0.1) is 0 Å². The fraction of sp³-hybridized carbons (Fsp3) is 0.875. The molecular formula is C8H16N2O7. The summed E-state index contributed by atoms with van der Waals surface area (Å²) < 4.78 is 9.99. The van der Waals surface area contributed by atoms with Crippen LogP contribution in [0.4, 0.5) is 4.79 Å². The smallest absolute Gasteiger partial charge is 0.338 e. The van der Waals surface area contributed by atoms with Gasteiger partial charge in [-0.3, -0.25) is 5.21 Å². The van der Waals surface area contributed by atoms with Crippen molar-refractivity contribution >= 4 is 6.03 Å². The van der Waals surface area contributed by atoms with E-state index in [1.807, 2.05) is 0 Å². The van der Waals surface area contributed by atoms with Crippen LogP contribution in [-0.2, 0) is 9.47 Å². The molecular weight excluding hydrogens is 236 g/mol. The Bertz CT molecular complexity index is 262. The first-order chi connectivity index (χ1) is 8.04. The fourth-order valence-corrected chi connectivity index (χ4v) is 1.62. The summed E-state index contributed by atoms with van der Waals surface area (Å²) in [5.41, 5.74) is 1.31. The minimum Gasteiger partial charge on any atom is -0.394 e. The molecule has 1 aliphatic rings. The number of nitrogens with one attached hydrogen (secondary N) is 2. The van der Waals surface area contributed by atoms with Gasteiger partial charge in [0.15, 0.2) is 6.29 Å². The van der Waals surface area contributed by atoms with E-state index in [4.69, 9.17) is 19.8 Å². The van der Waals surface area contributed by atoms with Crippen molar-refractivity contribution in [2.24, 2.45) is 0 Å². The van der Waals surface area contributed by atoms with Crippen molar-refractivity contribution in [1.29, 1.82) is 0 Å². The summed E-state index contributed by atoms with van der Waals surface area (Å²) in [5.74, 6) is 0. The van der Waals surface area contributed by atoms with Crippen molar-refractivity contribution in [2.45, 2.75) is 30.6 Å². The second-order valence-corrected chi connectivity index (χ2v) is 3.55. The number of hydroxylamine groups is 1. The predicted molar refractivity (Wildman–Crippen MR) is 52.0 cm³/mol. The normalized spacial score (nSPS) is 37.6. The van der Waals surface area contributed by atoms with Crippen molar-refractivity contribution in [3.05, 3.63) is 0 Å². The Labute approximate surface area is 96.9 Å². The van der Waals surface area contributed by atoms with Crippen molar-refractivity contribution in [1.82, 2.24) is 10.8 Å². The molecule has 0 spiro atoms. The van der Waals surface area contributed by atoms with Crippen LogP contribution in [0.3, 0.4) is 0 Å². The van der Waals surface area contributed by atoms with Gasteiger partial charge in [0.05, 0.1) is 6.61 Å². The predicted octanol–water partition coefficient (Wildman–Crippen LogP) is -2.87. The topological polar surface area (TPSA) is 141 Å². The number of aliphatic hydroxyl groups is 3. The quantitative estimate of drug-likeness (QED) is 0.234. The first kappa shape index (κ1) is 14.1. The molecule has 0 bridgehead atoms. The number of rotatable bonds is 3. The van der Waals surface area contributed by atoms with E-state index in [1.165, 1.54) is 12.6 Å². The highest BCUT2D eigenvalue weighted by atomic mass is 16.7. The summed E-state index contributed by atoms with van der Waals surface area (Å²) in [4.78, 5) is 10.9. The van der Waals surface area contributed by atoms with Crippen LogP contribution in [0.5, 0.6) is 0 Å². The number of methoxy groups -OCH3 is 1. The molecule has 1 rings (SSSR count). The number of carbonyl (C=O) groups excluding carboxylic acids is 1. The molecule has 0 aromatic heterocycles. The molecule has 0 unspecified atom stereocenters. The van der Waals surface area contributed by atoms with E-state index in [1.54, 1.807) is 0 Å². The zero-order chi connectivity index (χ0) is 13.0. The van der Waals surface area contributed by atoms with Crippen molar-refractivity contribution in [2.75, 3.05) is 13.7 Å². The Balaban J connectivity index is 2.75. The van der Waals surface area contributed by atoms with Crippen LogP contribution < -0.4 is 10.8 Å². The number of aliphatic hydroxyl groups excluding tert-OH is 3. The summed E-state index contributed by atoms with van der Waals surface area (Å²) in [6.07, 6.45) is -4.84. The fourth-order valence-electron chi connectivity index (χ4n) is 1.62. The molecule has 9 heteroatoms. The monoisotopic (exact) mass is 252 g/mol. The number of hydrogen-bond acceptors (Lipinski definition) is 7. The lowest BCUT2D eigenvalue weighted by Crippen LogP contribution is -2.65. The number of carbonyl (C=O) groups is 1. The maximum atomic E-state index is 10.9. The van der Waals surface area contributed by atoms with E-state index >= 15 is 0 Å². The van der Waals surface area contributed by atoms with E-state index in [9.17, 15) is 15.0 Å². The zero-order valence-corrected chi connectivity index (χ0v) is 9.11. The van der Waals surface area contributed by atoms with Gasteiger partial charge in [0.2, 0.25) is 0 Å². The van der Waals surface area contributed by atoms with Gasteiger partial charge in [0, 0.05) is 7.11 Å². The highest BCUT2D eigenvalue weighted by Crippen LogP contribution is 2.21. The number of amides is 2. The highest BCUT2D eigenvalue weighted by molar-refractivity contribution is 5.72. The Kier molecular flexibility index (Phi) is 5.05. The average Bonchev–Trinajstić information content (AvgIpc) is 2.35. The standard InChI is InChI=1S/C8H16N2O7/c1-16-7-4(9-8(14)10-15)6(13)5(12)3(2-11)17-7/h3-7,11-13,15H,2H2,1H3,(H2,9,10,14)/t3-,4-,5-,6-,7-/m1/s1. The molecule has 0 radical (unpaired) electrons. The lowest BCUT2D eigenvalue weighted by atomic mass is 9.97. The van der Waals surface area contributed by atoms with Gasteiger partial charge >= 0.3 is 6.03 Å². The Morgan fingerprint density at radius 1 is 1.41 bits per heavy atom. The van der Waals surface area contributed by atoms with E-state index in [0.717, 1.165) is 0 Å². The molecule has 1 aliphatic heterocycles. The molecule has 0 saturated carbocycles.